The topological polar surface area (TPSA) is 53.7 Å². The molecule has 4 nitrogen and oxygen atoms in total. The van der Waals surface area contributed by atoms with E-state index in [1.54, 1.807) is 7.11 Å². The molecule has 1 aliphatic heterocycles. The summed E-state index contributed by atoms with van der Waals surface area (Å²) in [5.41, 5.74) is 7.45. The van der Waals surface area contributed by atoms with Gasteiger partial charge in [0.05, 0.1) is 19.8 Å². The number of ether oxygens (including phenoxy) is 3. The van der Waals surface area contributed by atoms with Crippen LogP contribution in [0.4, 0.5) is 0 Å². The maximum Gasteiger partial charge on any atom is 0.124 e. The Labute approximate surface area is 118 Å². The summed E-state index contributed by atoms with van der Waals surface area (Å²) in [7, 11) is 1.65. The summed E-state index contributed by atoms with van der Waals surface area (Å²) < 4.78 is 16.5. The highest BCUT2D eigenvalue weighted by Crippen LogP contribution is 2.22. The maximum atomic E-state index is 5.90. The fraction of sp³-hybridized carbons (Fsp3) is 0.500. The van der Waals surface area contributed by atoms with Gasteiger partial charge in [-0.05, 0) is 31.0 Å². The fourth-order valence-corrected chi connectivity index (χ4v) is 2.22. The summed E-state index contributed by atoms with van der Waals surface area (Å²) in [5.74, 6) is 0.798. The van der Waals surface area contributed by atoms with Gasteiger partial charge in [-0.1, -0.05) is 12.2 Å². The van der Waals surface area contributed by atoms with Crippen molar-refractivity contribution in [3.05, 3.63) is 29.3 Å². The van der Waals surface area contributed by atoms with Gasteiger partial charge in [0, 0.05) is 24.3 Å². The Bertz CT molecular complexity index is 444. The third kappa shape index (κ3) is 3.89. The number of methoxy groups -OCH3 is 1. The van der Waals surface area contributed by atoms with Crippen LogP contribution in [0, 0.1) is 0 Å². The monoisotopic (exact) mass is 281 g/mol. The normalized spacial score (nSPS) is 16.3. The van der Waals surface area contributed by atoms with Crippen LogP contribution < -0.4 is 10.5 Å². The van der Waals surface area contributed by atoms with Crippen molar-refractivity contribution >= 4 is 17.2 Å². The lowest BCUT2D eigenvalue weighted by molar-refractivity contribution is -0.0394. The second kappa shape index (κ2) is 6.84. The van der Waals surface area contributed by atoms with Crippen LogP contribution in [-0.4, -0.2) is 31.4 Å². The van der Waals surface area contributed by atoms with Crippen LogP contribution in [0.25, 0.3) is 0 Å². The second-order valence-electron chi connectivity index (χ2n) is 4.51. The summed E-state index contributed by atoms with van der Waals surface area (Å²) in [5, 5.41) is 0. The molecule has 1 fully saturated rings. The Morgan fingerprint density at radius 2 is 2.16 bits per heavy atom. The summed E-state index contributed by atoms with van der Waals surface area (Å²) in [6.45, 7) is 2.05. The average molecular weight is 281 g/mol. The van der Waals surface area contributed by atoms with Gasteiger partial charge in [-0.25, -0.2) is 0 Å². The fourth-order valence-electron chi connectivity index (χ4n) is 2.09. The number of hydrogen-bond acceptors (Lipinski definition) is 4. The van der Waals surface area contributed by atoms with Crippen LogP contribution in [-0.2, 0) is 16.1 Å². The number of rotatable bonds is 5. The second-order valence-corrected chi connectivity index (χ2v) is 4.95. The van der Waals surface area contributed by atoms with Gasteiger partial charge in [0.25, 0.3) is 0 Å². The quantitative estimate of drug-likeness (QED) is 0.837. The molecule has 1 saturated heterocycles. The molecule has 0 saturated carbocycles. The predicted molar refractivity (Wildman–Crippen MR) is 77.5 cm³/mol. The summed E-state index contributed by atoms with van der Waals surface area (Å²) in [6, 6.07) is 5.66. The third-order valence-corrected chi connectivity index (χ3v) is 3.44. The molecular weight excluding hydrogens is 262 g/mol. The first-order valence-corrected chi connectivity index (χ1v) is 6.77. The molecule has 0 unspecified atom stereocenters. The van der Waals surface area contributed by atoms with E-state index in [1.165, 1.54) is 0 Å². The molecule has 0 aliphatic carbocycles. The molecule has 2 rings (SSSR count). The summed E-state index contributed by atoms with van der Waals surface area (Å²) >= 11 is 4.99. The number of nitrogens with two attached hydrogens (primary N) is 1. The van der Waals surface area contributed by atoms with Crippen LogP contribution >= 0.6 is 12.2 Å². The Hall–Kier alpha value is -1.17. The molecule has 104 valence electrons. The molecule has 0 atom stereocenters. The van der Waals surface area contributed by atoms with Crippen molar-refractivity contribution in [2.24, 2.45) is 5.73 Å². The molecule has 0 spiro atoms. The lowest BCUT2D eigenvalue weighted by Gasteiger charge is -2.23. The van der Waals surface area contributed by atoms with Gasteiger partial charge in [-0.15, -0.1) is 0 Å². The highest BCUT2D eigenvalue weighted by atomic mass is 32.1. The standard InChI is InChI=1S/C14H19NO3S/c1-16-13-3-2-10(14(15)19)8-11(13)9-18-12-4-6-17-7-5-12/h2-3,8,12H,4-7,9H2,1H3,(H2,15,19). The molecule has 1 aromatic rings. The minimum atomic E-state index is 0.256. The van der Waals surface area contributed by atoms with Crippen molar-refractivity contribution in [3.8, 4) is 5.75 Å². The van der Waals surface area contributed by atoms with Crippen molar-refractivity contribution in [3.63, 3.8) is 0 Å². The van der Waals surface area contributed by atoms with Gasteiger partial charge in [-0.2, -0.15) is 0 Å². The van der Waals surface area contributed by atoms with Gasteiger partial charge in [0.2, 0.25) is 0 Å². The molecule has 0 amide bonds. The minimum Gasteiger partial charge on any atom is -0.496 e. The van der Waals surface area contributed by atoms with E-state index in [9.17, 15) is 0 Å². The van der Waals surface area contributed by atoms with Gasteiger partial charge >= 0.3 is 0 Å². The number of benzene rings is 1. The maximum absolute atomic E-state index is 5.90. The molecule has 0 aromatic heterocycles. The van der Waals surface area contributed by atoms with Gasteiger partial charge in [-0.3, -0.25) is 0 Å². The zero-order valence-corrected chi connectivity index (χ0v) is 11.9. The Morgan fingerprint density at radius 3 is 2.79 bits per heavy atom. The van der Waals surface area contributed by atoms with Crippen LogP contribution in [0.1, 0.15) is 24.0 Å². The molecule has 0 bridgehead atoms. The Kier molecular flexibility index (Phi) is 5.13. The van der Waals surface area contributed by atoms with E-state index in [0.717, 1.165) is 42.9 Å². The van der Waals surface area contributed by atoms with Crippen molar-refractivity contribution in [1.29, 1.82) is 0 Å². The van der Waals surface area contributed by atoms with Gasteiger partial charge in [0.1, 0.15) is 10.7 Å². The summed E-state index contributed by atoms with van der Waals surface area (Å²) in [4.78, 5) is 0.384. The SMILES string of the molecule is COc1ccc(C(N)=S)cc1COC1CCOCC1. The average Bonchev–Trinajstić information content (AvgIpc) is 2.45. The number of hydrogen-bond donors (Lipinski definition) is 1. The lowest BCUT2D eigenvalue weighted by Crippen LogP contribution is -2.23. The van der Waals surface area contributed by atoms with E-state index in [1.807, 2.05) is 18.2 Å². The van der Waals surface area contributed by atoms with Crippen LogP contribution in [0.5, 0.6) is 5.75 Å². The molecule has 19 heavy (non-hydrogen) atoms. The van der Waals surface area contributed by atoms with E-state index in [2.05, 4.69) is 0 Å². The van der Waals surface area contributed by atoms with Gasteiger partial charge < -0.3 is 19.9 Å². The van der Waals surface area contributed by atoms with Crippen molar-refractivity contribution in [1.82, 2.24) is 0 Å². The summed E-state index contributed by atoms with van der Waals surface area (Å²) in [6.07, 6.45) is 2.14. The zero-order chi connectivity index (χ0) is 13.7. The van der Waals surface area contributed by atoms with Crippen molar-refractivity contribution in [2.75, 3.05) is 20.3 Å². The van der Waals surface area contributed by atoms with E-state index in [-0.39, 0.29) is 6.10 Å². The Balaban J connectivity index is 2.04. The van der Waals surface area contributed by atoms with E-state index < -0.39 is 0 Å². The van der Waals surface area contributed by atoms with Crippen LogP contribution in [0.2, 0.25) is 0 Å². The predicted octanol–water partition coefficient (Wildman–Crippen LogP) is 2.02. The molecule has 1 heterocycles. The molecule has 2 N–H and O–H groups in total. The highest BCUT2D eigenvalue weighted by Gasteiger charge is 2.15. The van der Waals surface area contributed by atoms with Gasteiger partial charge in [0.15, 0.2) is 0 Å². The largest absolute Gasteiger partial charge is 0.496 e. The lowest BCUT2D eigenvalue weighted by atomic mass is 10.1. The molecule has 5 heteroatoms. The van der Waals surface area contributed by atoms with E-state index in [0.29, 0.717) is 11.6 Å². The first-order valence-electron chi connectivity index (χ1n) is 6.36. The third-order valence-electron chi connectivity index (χ3n) is 3.21. The first-order chi connectivity index (χ1) is 9.20. The van der Waals surface area contributed by atoms with Crippen molar-refractivity contribution in [2.45, 2.75) is 25.6 Å². The molecule has 1 aliphatic rings. The van der Waals surface area contributed by atoms with Crippen LogP contribution in [0.15, 0.2) is 18.2 Å². The zero-order valence-electron chi connectivity index (χ0n) is 11.1. The number of thiocarbonyl (C=S) groups is 1. The Morgan fingerprint density at radius 1 is 1.42 bits per heavy atom. The van der Waals surface area contributed by atoms with Crippen molar-refractivity contribution < 1.29 is 14.2 Å². The van der Waals surface area contributed by atoms with E-state index >= 15 is 0 Å². The van der Waals surface area contributed by atoms with Crippen LogP contribution in [0.3, 0.4) is 0 Å². The molecular formula is C14H19NO3S. The van der Waals surface area contributed by atoms with E-state index in [4.69, 9.17) is 32.2 Å². The highest BCUT2D eigenvalue weighted by molar-refractivity contribution is 7.80. The minimum absolute atomic E-state index is 0.256. The smallest absolute Gasteiger partial charge is 0.124 e. The molecule has 1 aromatic carbocycles. The molecule has 0 radical (unpaired) electrons. The first kappa shape index (κ1) is 14.2.